The van der Waals surface area contributed by atoms with Gasteiger partial charge in [-0.3, -0.25) is 0 Å². The zero-order chi connectivity index (χ0) is 36.3. The van der Waals surface area contributed by atoms with Crippen molar-refractivity contribution in [2.75, 3.05) is 4.90 Å². The maximum atomic E-state index is 6.55. The van der Waals surface area contributed by atoms with Crippen molar-refractivity contribution in [1.82, 2.24) is 0 Å². The number of anilines is 3. The van der Waals surface area contributed by atoms with E-state index < -0.39 is 0 Å². The molecule has 0 bridgehead atoms. The van der Waals surface area contributed by atoms with Gasteiger partial charge in [-0.25, -0.2) is 0 Å². The van der Waals surface area contributed by atoms with E-state index >= 15 is 0 Å². The standard InChI is InChI=1S/C52H33NOS/c1-3-12-34(13-4-1)36-22-28-39(29-23-36)53(40-30-24-37(25-31-40)35-14-5-2-6-15-35)41-32-26-38(27-33-41)42-19-11-21-47-48(42)49-43-16-7-8-17-44(43)51-50(52(49)55-47)45-18-9-10-20-46(45)54-51/h1-33H. The summed E-state index contributed by atoms with van der Waals surface area (Å²) in [5, 5.41) is 7.34. The summed E-state index contributed by atoms with van der Waals surface area (Å²) in [6.45, 7) is 0. The summed E-state index contributed by atoms with van der Waals surface area (Å²) in [4.78, 5) is 2.35. The Morgan fingerprint density at radius 2 is 0.836 bits per heavy atom. The van der Waals surface area contributed by atoms with Crippen LogP contribution < -0.4 is 4.90 Å². The molecule has 3 heteroatoms. The molecule has 11 aromatic rings. The summed E-state index contributed by atoms with van der Waals surface area (Å²) in [6, 6.07) is 71.9. The van der Waals surface area contributed by atoms with Crippen molar-refractivity contribution >= 4 is 81.3 Å². The van der Waals surface area contributed by atoms with E-state index in [1.807, 2.05) is 11.3 Å². The number of rotatable bonds is 6. The Hall–Kier alpha value is -6.94. The van der Waals surface area contributed by atoms with Crippen LogP contribution >= 0.6 is 11.3 Å². The van der Waals surface area contributed by atoms with Crippen molar-refractivity contribution in [3.05, 3.63) is 200 Å². The minimum Gasteiger partial charge on any atom is -0.455 e. The van der Waals surface area contributed by atoms with Gasteiger partial charge in [-0.15, -0.1) is 11.3 Å². The minimum absolute atomic E-state index is 0.928. The molecule has 2 aromatic heterocycles. The van der Waals surface area contributed by atoms with Gasteiger partial charge in [-0.2, -0.15) is 0 Å². The highest BCUT2D eigenvalue weighted by molar-refractivity contribution is 7.27. The number of hydrogen-bond acceptors (Lipinski definition) is 3. The van der Waals surface area contributed by atoms with Gasteiger partial charge in [-0.1, -0.05) is 152 Å². The molecule has 0 unspecified atom stereocenters. The quantitative estimate of drug-likeness (QED) is 0.170. The molecular weight excluding hydrogens is 687 g/mol. The molecule has 0 spiro atoms. The normalized spacial score (nSPS) is 11.6. The number of hydrogen-bond donors (Lipinski definition) is 0. The predicted octanol–water partition coefficient (Wildman–Crippen LogP) is 15.6. The SMILES string of the molecule is c1ccc(-c2ccc(N(c3ccc(-c4ccccc4)cc3)c3ccc(-c4cccc5sc6c7c8ccccc8oc7c7ccccc7c6c45)cc3)cc2)cc1. The average molecular weight is 720 g/mol. The number of thiophene rings is 1. The topological polar surface area (TPSA) is 16.4 Å². The highest BCUT2D eigenvalue weighted by Gasteiger charge is 2.21. The van der Waals surface area contributed by atoms with Crippen LogP contribution in [0, 0.1) is 0 Å². The molecule has 258 valence electrons. The Balaban J connectivity index is 1.06. The van der Waals surface area contributed by atoms with E-state index in [-0.39, 0.29) is 0 Å². The molecule has 0 fully saturated rings. The third kappa shape index (κ3) is 5.24. The van der Waals surface area contributed by atoms with Crippen molar-refractivity contribution in [3.8, 4) is 33.4 Å². The highest BCUT2D eigenvalue weighted by atomic mass is 32.1. The molecule has 2 heterocycles. The molecule has 0 N–H and O–H groups in total. The van der Waals surface area contributed by atoms with E-state index in [0.29, 0.717) is 0 Å². The summed E-state index contributed by atoms with van der Waals surface area (Å²) in [5.74, 6) is 0. The Morgan fingerprint density at radius 1 is 0.345 bits per heavy atom. The first-order chi connectivity index (χ1) is 27.3. The lowest BCUT2D eigenvalue weighted by molar-refractivity contribution is 0.673. The van der Waals surface area contributed by atoms with E-state index in [0.717, 1.165) is 33.6 Å². The van der Waals surface area contributed by atoms with Crippen molar-refractivity contribution in [2.45, 2.75) is 0 Å². The van der Waals surface area contributed by atoms with E-state index in [2.05, 4.69) is 205 Å². The van der Waals surface area contributed by atoms with Crippen LogP contribution in [-0.2, 0) is 0 Å². The maximum Gasteiger partial charge on any atom is 0.144 e. The lowest BCUT2D eigenvalue weighted by atomic mass is 9.95. The molecule has 0 atom stereocenters. The van der Waals surface area contributed by atoms with Gasteiger partial charge < -0.3 is 9.32 Å². The molecule has 2 nitrogen and oxygen atoms in total. The average Bonchev–Trinajstić information content (AvgIpc) is 3.85. The monoisotopic (exact) mass is 719 g/mol. The van der Waals surface area contributed by atoms with Crippen molar-refractivity contribution in [1.29, 1.82) is 0 Å². The first-order valence-electron chi connectivity index (χ1n) is 18.7. The fourth-order valence-electron chi connectivity index (χ4n) is 8.29. The van der Waals surface area contributed by atoms with Crippen molar-refractivity contribution in [2.24, 2.45) is 0 Å². The van der Waals surface area contributed by atoms with Crippen molar-refractivity contribution < 1.29 is 4.42 Å². The number of benzene rings is 9. The van der Waals surface area contributed by atoms with E-state index in [9.17, 15) is 0 Å². The van der Waals surface area contributed by atoms with Crippen LogP contribution in [0.3, 0.4) is 0 Å². The largest absolute Gasteiger partial charge is 0.455 e. The number of fused-ring (bicyclic) bond motifs is 10. The molecule has 0 amide bonds. The molecule has 0 aliphatic rings. The zero-order valence-corrected chi connectivity index (χ0v) is 30.6. The first kappa shape index (κ1) is 31.6. The van der Waals surface area contributed by atoms with Crippen molar-refractivity contribution in [3.63, 3.8) is 0 Å². The molecule has 0 radical (unpaired) electrons. The Bertz CT molecular complexity index is 3080. The Labute approximate surface area is 322 Å². The van der Waals surface area contributed by atoms with Gasteiger partial charge in [-0.05, 0) is 87.3 Å². The molecule has 9 aromatic carbocycles. The first-order valence-corrected chi connectivity index (χ1v) is 19.5. The number of nitrogens with zero attached hydrogens (tertiary/aromatic N) is 1. The number of furan rings is 1. The zero-order valence-electron chi connectivity index (χ0n) is 29.8. The van der Waals surface area contributed by atoms with Crippen LogP contribution in [0.5, 0.6) is 0 Å². The van der Waals surface area contributed by atoms with Gasteiger partial charge in [0.2, 0.25) is 0 Å². The van der Waals surface area contributed by atoms with Crippen LogP contribution in [-0.4, -0.2) is 0 Å². The fraction of sp³-hybridized carbons (Fsp3) is 0. The van der Waals surface area contributed by atoms with Gasteiger partial charge >= 0.3 is 0 Å². The minimum atomic E-state index is 0.928. The third-order valence-corrected chi connectivity index (χ3v) is 12.1. The molecule has 55 heavy (non-hydrogen) atoms. The Morgan fingerprint density at radius 3 is 1.44 bits per heavy atom. The second-order valence-electron chi connectivity index (χ2n) is 14.0. The van der Waals surface area contributed by atoms with Gasteiger partial charge in [0.15, 0.2) is 0 Å². The molecule has 0 saturated heterocycles. The molecular formula is C52H33NOS. The lowest BCUT2D eigenvalue weighted by Gasteiger charge is -2.26. The summed E-state index contributed by atoms with van der Waals surface area (Å²) in [7, 11) is 0. The molecule has 0 aliphatic carbocycles. The molecule has 0 aliphatic heterocycles. The third-order valence-electron chi connectivity index (χ3n) is 10.9. The Kier molecular flexibility index (Phi) is 7.39. The van der Waals surface area contributed by atoms with Gasteiger partial charge in [0.1, 0.15) is 11.2 Å². The lowest BCUT2D eigenvalue weighted by Crippen LogP contribution is -2.09. The summed E-state index contributed by atoms with van der Waals surface area (Å²) < 4.78 is 9.11. The summed E-state index contributed by atoms with van der Waals surface area (Å²) >= 11 is 1.87. The molecule has 11 rings (SSSR count). The van der Waals surface area contributed by atoms with E-state index in [1.165, 1.54) is 69.7 Å². The van der Waals surface area contributed by atoms with Crippen LogP contribution in [0.4, 0.5) is 17.1 Å². The summed E-state index contributed by atoms with van der Waals surface area (Å²) in [6.07, 6.45) is 0. The maximum absolute atomic E-state index is 6.55. The van der Waals surface area contributed by atoms with E-state index in [1.54, 1.807) is 0 Å². The van der Waals surface area contributed by atoms with E-state index in [4.69, 9.17) is 4.42 Å². The highest BCUT2D eigenvalue weighted by Crippen LogP contribution is 2.49. The second-order valence-corrected chi connectivity index (χ2v) is 15.1. The van der Waals surface area contributed by atoms with Crippen LogP contribution in [0.1, 0.15) is 0 Å². The van der Waals surface area contributed by atoms with Crippen LogP contribution in [0.2, 0.25) is 0 Å². The molecule has 0 saturated carbocycles. The van der Waals surface area contributed by atoms with Gasteiger partial charge in [0, 0.05) is 53.4 Å². The fourth-order valence-corrected chi connectivity index (χ4v) is 9.59. The van der Waals surface area contributed by atoms with Crippen LogP contribution in [0.25, 0.3) is 86.3 Å². The second kappa shape index (κ2) is 12.9. The predicted molar refractivity (Wildman–Crippen MR) is 235 cm³/mol. The number of para-hydroxylation sites is 1. The summed E-state index contributed by atoms with van der Waals surface area (Å²) in [5.41, 5.74) is 12.4. The van der Waals surface area contributed by atoms with Crippen LogP contribution in [0.15, 0.2) is 205 Å². The smallest absolute Gasteiger partial charge is 0.144 e. The van der Waals surface area contributed by atoms with Gasteiger partial charge in [0.25, 0.3) is 0 Å². The van der Waals surface area contributed by atoms with Gasteiger partial charge in [0.05, 0.1) is 0 Å².